The first-order valence-corrected chi connectivity index (χ1v) is 10.2. The molecule has 2 fully saturated rings. The number of nitrogens with one attached hydrogen (secondary N) is 1. The van der Waals surface area contributed by atoms with Gasteiger partial charge in [-0.05, 0) is 49.2 Å². The van der Waals surface area contributed by atoms with Crippen LogP contribution in [0.4, 0.5) is 10.5 Å². The molecule has 2 heterocycles. The highest BCUT2D eigenvalue weighted by molar-refractivity contribution is 5.90. The van der Waals surface area contributed by atoms with Gasteiger partial charge in [0.15, 0.2) is 0 Å². The molecule has 2 aromatic carbocycles. The van der Waals surface area contributed by atoms with Gasteiger partial charge in [-0.3, -0.25) is 4.90 Å². The fraction of sp³-hybridized carbons (Fsp3) is 0.435. The number of amides is 2. The Morgan fingerprint density at radius 3 is 2.39 bits per heavy atom. The van der Waals surface area contributed by atoms with E-state index in [0.717, 1.165) is 51.4 Å². The van der Waals surface area contributed by atoms with E-state index in [9.17, 15) is 4.79 Å². The lowest BCUT2D eigenvalue weighted by atomic mass is 10.0. The minimum absolute atomic E-state index is 0.0141. The number of nitrogens with zero attached hydrogens (tertiary/aromatic N) is 3. The van der Waals surface area contributed by atoms with Gasteiger partial charge in [-0.15, -0.1) is 0 Å². The van der Waals surface area contributed by atoms with Crippen LogP contribution in [0, 0.1) is 6.92 Å². The van der Waals surface area contributed by atoms with Crippen LogP contribution < -0.4 is 5.32 Å². The lowest BCUT2D eigenvalue weighted by Crippen LogP contribution is -2.50. The Labute approximate surface area is 167 Å². The number of hydrogen-bond acceptors (Lipinski definition) is 3. The Morgan fingerprint density at radius 1 is 0.964 bits per heavy atom. The highest BCUT2D eigenvalue weighted by Crippen LogP contribution is 2.25. The lowest BCUT2D eigenvalue weighted by Gasteiger charge is -2.36. The zero-order valence-corrected chi connectivity index (χ0v) is 16.9. The van der Waals surface area contributed by atoms with Crippen LogP contribution in [-0.2, 0) is 0 Å². The molecule has 0 spiro atoms. The third kappa shape index (κ3) is 4.21. The molecule has 0 bridgehead atoms. The van der Waals surface area contributed by atoms with Crippen LogP contribution in [0.15, 0.2) is 48.5 Å². The van der Waals surface area contributed by atoms with E-state index in [0.29, 0.717) is 6.04 Å². The highest BCUT2D eigenvalue weighted by Gasteiger charge is 2.31. The minimum atomic E-state index is 0.0141. The molecule has 2 aromatic rings. The van der Waals surface area contributed by atoms with Gasteiger partial charge in [0.25, 0.3) is 0 Å². The Bertz CT molecular complexity index is 812. The molecule has 4 rings (SSSR count). The first-order chi connectivity index (χ1) is 13.6. The number of rotatable bonds is 3. The maximum absolute atomic E-state index is 12.7. The summed E-state index contributed by atoms with van der Waals surface area (Å²) in [5, 5.41) is 3.07. The van der Waals surface area contributed by atoms with Crippen molar-refractivity contribution in [2.24, 2.45) is 0 Å². The Kier molecular flexibility index (Phi) is 5.64. The number of likely N-dealkylation sites (tertiary alicyclic amines) is 1. The van der Waals surface area contributed by atoms with Crippen molar-refractivity contribution < 1.29 is 4.79 Å². The number of urea groups is 1. The second-order valence-corrected chi connectivity index (χ2v) is 8.05. The molecule has 2 aliphatic rings. The highest BCUT2D eigenvalue weighted by atomic mass is 16.2. The van der Waals surface area contributed by atoms with Gasteiger partial charge in [0, 0.05) is 51.0 Å². The molecule has 2 aliphatic heterocycles. The zero-order chi connectivity index (χ0) is 19.5. The third-order valence-corrected chi connectivity index (χ3v) is 6.10. The van der Waals surface area contributed by atoms with Crippen molar-refractivity contribution in [2.45, 2.75) is 19.4 Å². The van der Waals surface area contributed by atoms with Gasteiger partial charge < -0.3 is 15.1 Å². The van der Waals surface area contributed by atoms with Crippen LogP contribution in [0.1, 0.15) is 12.0 Å². The van der Waals surface area contributed by atoms with Gasteiger partial charge in [0.1, 0.15) is 0 Å². The van der Waals surface area contributed by atoms with Gasteiger partial charge in [-0.2, -0.15) is 0 Å². The van der Waals surface area contributed by atoms with Crippen molar-refractivity contribution in [1.29, 1.82) is 0 Å². The Hall–Kier alpha value is -2.37. The molecule has 0 saturated carbocycles. The first-order valence-electron chi connectivity index (χ1n) is 10.2. The lowest BCUT2D eigenvalue weighted by molar-refractivity contribution is 0.115. The zero-order valence-electron chi connectivity index (χ0n) is 16.9. The monoisotopic (exact) mass is 378 g/mol. The standard InChI is InChI=1S/C23H30N4O/c1-18-5-3-4-6-22(18)19-7-9-20(10-8-19)24-23(28)27-12-11-21(17-27)26-15-13-25(2)14-16-26/h3-10,21H,11-17H2,1-2H3,(H,24,28). The summed E-state index contributed by atoms with van der Waals surface area (Å²) < 4.78 is 0. The molecule has 0 aromatic heterocycles. The third-order valence-electron chi connectivity index (χ3n) is 6.10. The van der Waals surface area contributed by atoms with Gasteiger partial charge in [-0.25, -0.2) is 4.79 Å². The number of hydrogen-bond donors (Lipinski definition) is 1. The first kappa shape index (κ1) is 19.0. The van der Waals surface area contributed by atoms with Crippen molar-refractivity contribution in [2.75, 3.05) is 51.6 Å². The number of aryl methyl sites for hydroxylation is 1. The van der Waals surface area contributed by atoms with Crippen molar-refractivity contribution in [1.82, 2.24) is 14.7 Å². The van der Waals surface area contributed by atoms with Crippen molar-refractivity contribution >= 4 is 11.7 Å². The molecule has 1 N–H and O–H groups in total. The molecular formula is C23H30N4O. The molecule has 5 heteroatoms. The Morgan fingerprint density at radius 2 is 1.68 bits per heavy atom. The number of benzene rings is 2. The number of carbonyl (C=O) groups excluding carboxylic acids is 1. The molecule has 5 nitrogen and oxygen atoms in total. The van der Waals surface area contributed by atoms with Crippen LogP contribution in [0.3, 0.4) is 0 Å². The molecule has 2 amide bonds. The average Bonchev–Trinajstić information content (AvgIpc) is 3.20. The number of likely N-dealkylation sites (N-methyl/N-ethyl adjacent to an activating group) is 1. The summed E-state index contributed by atoms with van der Waals surface area (Å²) in [5.41, 5.74) is 4.51. The predicted molar refractivity (Wildman–Crippen MR) is 115 cm³/mol. The molecule has 0 aliphatic carbocycles. The second kappa shape index (κ2) is 8.33. The van der Waals surface area contributed by atoms with Crippen LogP contribution in [0.5, 0.6) is 0 Å². The largest absolute Gasteiger partial charge is 0.323 e. The summed E-state index contributed by atoms with van der Waals surface area (Å²) in [6, 6.07) is 17.0. The normalized spacial score (nSPS) is 21.1. The molecule has 1 atom stereocenters. The molecule has 0 radical (unpaired) electrons. The van der Waals surface area contributed by atoms with Crippen LogP contribution in [0.2, 0.25) is 0 Å². The molecule has 28 heavy (non-hydrogen) atoms. The summed E-state index contributed by atoms with van der Waals surface area (Å²) in [7, 11) is 2.18. The van der Waals surface area contributed by atoms with Gasteiger partial charge >= 0.3 is 6.03 Å². The van der Waals surface area contributed by atoms with E-state index in [1.165, 1.54) is 16.7 Å². The topological polar surface area (TPSA) is 38.8 Å². The van der Waals surface area contributed by atoms with Gasteiger partial charge in [0.05, 0.1) is 0 Å². The van der Waals surface area contributed by atoms with E-state index in [1.807, 2.05) is 17.0 Å². The summed E-state index contributed by atoms with van der Waals surface area (Å²) in [6.07, 6.45) is 1.07. The average molecular weight is 379 g/mol. The molecule has 1 unspecified atom stereocenters. The van der Waals surface area contributed by atoms with E-state index in [-0.39, 0.29) is 6.03 Å². The predicted octanol–water partition coefficient (Wildman–Crippen LogP) is 3.52. The van der Waals surface area contributed by atoms with E-state index in [4.69, 9.17) is 0 Å². The summed E-state index contributed by atoms with van der Waals surface area (Å²) in [5.74, 6) is 0. The Balaban J connectivity index is 1.33. The SMILES string of the molecule is Cc1ccccc1-c1ccc(NC(=O)N2CCC(N3CCN(C)CC3)C2)cc1. The van der Waals surface area contributed by atoms with Gasteiger partial charge in [0.2, 0.25) is 0 Å². The number of carbonyl (C=O) groups is 1. The fourth-order valence-electron chi connectivity index (χ4n) is 4.24. The quantitative estimate of drug-likeness (QED) is 0.888. The van der Waals surface area contributed by atoms with E-state index < -0.39 is 0 Å². The smallest absolute Gasteiger partial charge is 0.321 e. The van der Waals surface area contributed by atoms with Crippen LogP contribution in [0.25, 0.3) is 11.1 Å². The van der Waals surface area contributed by atoms with Crippen LogP contribution in [-0.4, -0.2) is 73.1 Å². The second-order valence-electron chi connectivity index (χ2n) is 8.05. The van der Waals surface area contributed by atoms with Crippen LogP contribution >= 0.6 is 0 Å². The molecule has 148 valence electrons. The van der Waals surface area contributed by atoms with Gasteiger partial charge in [-0.1, -0.05) is 36.4 Å². The maximum atomic E-state index is 12.7. The minimum Gasteiger partial charge on any atom is -0.323 e. The summed E-state index contributed by atoms with van der Waals surface area (Å²) >= 11 is 0. The van der Waals surface area contributed by atoms with Crippen molar-refractivity contribution in [3.05, 3.63) is 54.1 Å². The molecular weight excluding hydrogens is 348 g/mol. The van der Waals surface area contributed by atoms with Crippen molar-refractivity contribution in [3.63, 3.8) is 0 Å². The van der Waals surface area contributed by atoms with Crippen molar-refractivity contribution in [3.8, 4) is 11.1 Å². The van der Waals surface area contributed by atoms with E-state index in [1.54, 1.807) is 0 Å². The summed E-state index contributed by atoms with van der Waals surface area (Å²) in [4.78, 5) is 19.6. The fourth-order valence-corrected chi connectivity index (χ4v) is 4.24. The summed E-state index contributed by atoms with van der Waals surface area (Å²) in [6.45, 7) is 8.25. The van der Waals surface area contributed by atoms with E-state index >= 15 is 0 Å². The maximum Gasteiger partial charge on any atom is 0.321 e. The number of piperazine rings is 1. The van der Waals surface area contributed by atoms with E-state index in [2.05, 4.69) is 65.5 Å². The number of anilines is 1. The molecule has 2 saturated heterocycles.